The van der Waals surface area contributed by atoms with Gasteiger partial charge in [0, 0.05) is 4.47 Å². The van der Waals surface area contributed by atoms with Crippen LogP contribution in [0.2, 0.25) is 5.02 Å². The molecule has 0 spiro atoms. The van der Waals surface area contributed by atoms with E-state index >= 15 is 0 Å². The minimum absolute atomic E-state index is 0.119. The first-order valence-corrected chi connectivity index (χ1v) is 8.15. The Morgan fingerprint density at radius 1 is 1.19 bits per heavy atom. The maximum absolute atomic E-state index is 6.12. The van der Waals surface area contributed by atoms with Crippen molar-refractivity contribution in [3.05, 3.63) is 63.1 Å². The van der Waals surface area contributed by atoms with Gasteiger partial charge < -0.3 is 10.1 Å². The largest absolute Gasteiger partial charge is 0.495 e. The van der Waals surface area contributed by atoms with Gasteiger partial charge in [-0.3, -0.25) is 0 Å². The zero-order valence-electron chi connectivity index (χ0n) is 12.2. The van der Waals surface area contributed by atoms with E-state index in [2.05, 4.69) is 40.3 Å². The van der Waals surface area contributed by atoms with Crippen molar-refractivity contribution in [2.24, 2.45) is 0 Å². The number of hydrogen-bond acceptors (Lipinski definition) is 2. The predicted molar refractivity (Wildman–Crippen MR) is 92.3 cm³/mol. The fraction of sp³-hybridized carbons (Fsp3) is 0.294. The summed E-state index contributed by atoms with van der Waals surface area (Å²) in [6.45, 7) is 3.11. The van der Waals surface area contributed by atoms with E-state index in [9.17, 15) is 0 Å². The Bertz CT molecular complexity index is 603. The van der Waals surface area contributed by atoms with Crippen LogP contribution in [0, 0.1) is 0 Å². The zero-order valence-corrected chi connectivity index (χ0v) is 14.5. The van der Waals surface area contributed by atoms with Crippen molar-refractivity contribution in [2.45, 2.75) is 19.4 Å². The van der Waals surface area contributed by atoms with E-state index in [-0.39, 0.29) is 6.04 Å². The lowest BCUT2D eigenvalue weighted by molar-refractivity contribution is 0.414. The van der Waals surface area contributed by atoms with Crippen LogP contribution in [0.5, 0.6) is 5.75 Å². The summed E-state index contributed by atoms with van der Waals surface area (Å²) in [7, 11) is 1.64. The normalized spacial score (nSPS) is 12.2. The molecular weight excluding hydrogens is 350 g/mol. The van der Waals surface area contributed by atoms with Crippen LogP contribution < -0.4 is 10.1 Å². The van der Waals surface area contributed by atoms with Crippen LogP contribution in [-0.2, 0) is 0 Å². The van der Waals surface area contributed by atoms with E-state index in [4.69, 9.17) is 16.3 Å². The number of nitrogens with one attached hydrogen (secondary N) is 1. The van der Waals surface area contributed by atoms with Crippen LogP contribution in [0.1, 0.15) is 30.5 Å². The Morgan fingerprint density at radius 2 is 1.95 bits per heavy atom. The first kappa shape index (κ1) is 16.3. The van der Waals surface area contributed by atoms with Gasteiger partial charge in [0.25, 0.3) is 0 Å². The van der Waals surface area contributed by atoms with E-state index < -0.39 is 0 Å². The minimum Gasteiger partial charge on any atom is -0.495 e. The lowest BCUT2D eigenvalue weighted by Gasteiger charge is -2.21. The summed E-state index contributed by atoms with van der Waals surface area (Å²) >= 11 is 9.66. The van der Waals surface area contributed by atoms with Crippen molar-refractivity contribution in [1.29, 1.82) is 0 Å². The fourth-order valence-electron chi connectivity index (χ4n) is 2.26. The third-order valence-corrected chi connectivity index (χ3v) is 4.09. The number of hydrogen-bond donors (Lipinski definition) is 1. The highest BCUT2D eigenvalue weighted by Crippen LogP contribution is 2.31. The Morgan fingerprint density at radius 3 is 2.62 bits per heavy atom. The van der Waals surface area contributed by atoms with Crippen molar-refractivity contribution in [2.75, 3.05) is 13.7 Å². The summed E-state index contributed by atoms with van der Waals surface area (Å²) in [4.78, 5) is 0. The van der Waals surface area contributed by atoms with Crippen molar-refractivity contribution in [1.82, 2.24) is 5.32 Å². The highest BCUT2D eigenvalue weighted by molar-refractivity contribution is 9.10. The average Bonchev–Trinajstić information content (AvgIpc) is 2.49. The molecule has 2 aromatic carbocycles. The number of ether oxygens (including phenoxy) is 1. The highest BCUT2D eigenvalue weighted by Gasteiger charge is 2.15. The summed E-state index contributed by atoms with van der Waals surface area (Å²) in [5.41, 5.74) is 2.35. The smallest absolute Gasteiger partial charge is 0.137 e. The first-order chi connectivity index (χ1) is 10.2. The Balaban J connectivity index is 2.40. The van der Waals surface area contributed by atoms with Gasteiger partial charge in [-0.15, -0.1) is 0 Å². The number of rotatable bonds is 6. The summed E-state index contributed by atoms with van der Waals surface area (Å²) in [5, 5.41) is 4.21. The van der Waals surface area contributed by atoms with Crippen LogP contribution in [-0.4, -0.2) is 13.7 Å². The molecule has 2 rings (SSSR count). The Hall–Kier alpha value is -1.03. The van der Waals surface area contributed by atoms with Crippen LogP contribution >= 0.6 is 27.5 Å². The molecular formula is C17H19BrClNO. The second-order valence-corrected chi connectivity index (χ2v) is 6.16. The van der Waals surface area contributed by atoms with E-state index in [1.165, 1.54) is 5.56 Å². The molecule has 1 atom stereocenters. The Labute approximate surface area is 139 Å². The van der Waals surface area contributed by atoms with E-state index in [0.717, 1.165) is 23.0 Å². The van der Waals surface area contributed by atoms with Gasteiger partial charge in [0.05, 0.1) is 18.2 Å². The molecule has 2 nitrogen and oxygen atoms in total. The molecule has 21 heavy (non-hydrogen) atoms. The van der Waals surface area contributed by atoms with Gasteiger partial charge >= 0.3 is 0 Å². The molecule has 2 aromatic rings. The SMILES string of the molecule is CCCNC(c1cccc(Br)c1)c1ccc(Cl)c(OC)c1. The average molecular weight is 369 g/mol. The van der Waals surface area contributed by atoms with E-state index in [1.807, 2.05) is 30.3 Å². The number of halogens is 2. The molecule has 0 saturated heterocycles. The molecule has 0 radical (unpaired) electrons. The number of benzene rings is 2. The molecule has 4 heteroatoms. The van der Waals surface area contributed by atoms with E-state index in [1.54, 1.807) is 7.11 Å². The lowest BCUT2D eigenvalue weighted by atomic mass is 9.98. The molecule has 0 aliphatic carbocycles. The van der Waals surface area contributed by atoms with Gasteiger partial charge in [-0.2, -0.15) is 0 Å². The molecule has 1 N–H and O–H groups in total. The molecule has 112 valence electrons. The van der Waals surface area contributed by atoms with Crippen LogP contribution in [0.15, 0.2) is 46.9 Å². The van der Waals surface area contributed by atoms with Crippen LogP contribution in [0.25, 0.3) is 0 Å². The summed E-state index contributed by atoms with van der Waals surface area (Å²) in [5.74, 6) is 0.701. The minimum atomic E-state index is 0.119. The van der Waals surface area contributed by atoms with Gasteiger partial charge in [-0.1, -0.05) is 52.7 Å². The van der Waals surface area contributed by atoms with Crippen molar-refractivity contribution in [3.8, 4) is 5.75 Å². The van der Waals surface area contributed by atoms with Crippen LogP contribution in [0.4, 0.5) is 0 Å². The van der Waals surface area contributed by atoms with Gasteiger partial charge in [0.15, 0.2) is 0 Å². The van der Waals surface area contributed by atoms with Gasteiger partial charge in [-0.05, 0) is 48.4 Å². The second-order valence-electron chi connectivity index (χ2n) is 4.84. The fourth-order valence-corrected chi connectivity index (χ4v) is 2.87. The predicted octanol–water partition coefficient (Wildman–Crippen LogP) is 5.20. The molecule has 0 amide bonds. The van der Waals surface area contributed by atoms with Crippen molar-refractivity contribution < 1.29 is 4.74 Å². The summed E-state index contributed by atoms with van der Waals surface area (Å²) < 4.78 is 6.40. The molecule has 0 aromatic heterocycles. The van der Waals surface area contributed by atoms with Crippen molar-refractivity contribution in [3.63, 3.8) is 0 Å². The molecule has 0 heterocycles. The third-order valence-electron chi connectivity index (χ3n) is 3.29. The lowest BCUT2D eigenvalue weighted by Crippen LogP contribution is -2.23. The summed E-state index contributed by atoms with van der Waals surface area (Å²) in [6, 6.07) is 14.4. The standard InChI is InChI=1S/C17H19BrClNO/c1-3-9-20-17(12-5-4-6-14(18)10-12)13-7-8-15(19)16(11-13)21-2/h4-8,10-11,17,20H,3,9H2,1-2H3. The first-order valence-electron chi connectivity index (χ1n) is 6.98. The van der Waals surface area contributed by atoms with Gasteiger partial charge in [-0.25, -0.2) is 0 Å². The molecule has 0 aliphatic rings. The molecule has 0 aliphatic heterocycles. The maximum atomic E-state index is 6.12. The molecule has 0 fully saturated rings. The monoisotopic (exact) mass is 367 g/mol. The quantitative estimate of drug-likeness (QED) is 0.756. The molecule has 0 bridgehead atoms. The molecule has 1 unspecified atom stereocenters. The van der Waals surface area contributed by atoms with E-state index in [0.29, 0.717) is 10.8 Å². The zero-order chi connectivity index (χ0) is 15.2. The molecule has 0 saturated carbocycles. The third kappa shape index (κ3) is 4.22. The number of methoxy groups -OCH3 is 1. The topological polar surface area (TPSA) is 21.3 Å². The second kappa shape index (κ2) is 7.83. The van der Waals surface area contributed by atoms with Crippen LogP contribution in [0.3, 0.4) is 0 Å². The summed E-state index contributed by atoms with van der Waals surface area (Å²) in [6.07, 6.45) is 1.08. The van der Waals surface area contributed by atoms with Gasteiger partial charge in [0.2, 0.25) is 0 Å². The Kier molecular flexibility index (Phi) is 6.09. The maximum Gasteiger partial charge on any atom is 0.137 e. The van der Waals surface area contributed by atoms with Gasteiger partial charge in [0.1, 0.15) is 5.75 Å². The highest BCUT2D eigenvalue weighted by atomic mass is 79.9. The van der Waals surface area contributed by atoms with Crippen molar-refractivity contribution >= 4 is 27.5 Å².